The van der Waals surface area contributed by atoms with Crippen LogP contribution in [0.2, 0.25) is 8.67 Å². The lowest BCUT2D eigenvalue weighted by Gasteiger charge is -2.32. The predicted octanol–water partition coefficient (Wildman–Crippen LogP) is 4.59. The molecular weight excluding hydrogens is 387 g/mol. The van der Waals surface area contributed by atoms with E-state index in [1.807, 2.05) is 0 Å². The molecule has 0 saturated heterocycles. The average Bonchev–Trinajstić information content (AvgIpc) is 3.18. The van der Waals surface area contributed by atoms with Crippen LogP contribution in [-0.4, -0.2) is 23.9 Å². The number of carbonyl (C=O) groups is 2. The fourth-order valence-corrected chi connectivity index (χ4v) is 4.72. The lowest BCUT2D eigenvalue weighted by molar-refractivity contribution is 0.0867. The van der Waals surface area contributed by atoms with Crippen LogP contribution in [0.25, 0.3) is 0 Å². The molecule has 0 aromatic carbocycles. The molecule has 128 valence electrons. The Labute approximate surface area is 158 Å². The zero-order valence-electron chi connectivity index (χ0n) is 12.7. The van der Waals surface area contributed by atoms with E-state index in [1.165, 1.54) is 22.7 Å². The smallest absolute Gasteiger partial charge is 0.261 e. The van der Waals surface area contributed by atoms with Gasteiger partial charge in [0.2, 0.25) is 0 Å². The predicted molar refractivity (Wildman–Crippen MR) is 99.6 cm³/mol. The number of rotatable bonds is 4. The Morgan fingerprint density at radius 3 is 1.58 bits per heavy atom. The van der Waals surface area contributed by atoms with E-state index in [2.05, 4.69) is 10.6 Å². The third-order valence-corrected chi connectivity index (χ3v) is 6.45. The van der Waals surface area contributed by atoms with Crippen molar-refractivity contribution in [1.29, 1.82) is 0 Å². The van der Waals surface area contributed by atoms with Gasteiger partial charge in [-0.25, -0.2) is 0 Å². The highest BCUT2D eigenvalue weighted by atomic mass is 35.5. The van der Waals surface area contributed by atoms with Crippen molar-refractivity contribution in [2.24, 2.45) is 0 Å². The SMILES string of the molecule is O=C(N[C@H]1CCCC[C@@H]1NC(=O)c1ccc(Cl)s1)c1ccc(Cl)s1. The number of thiophene rings is 2. The van der Waals surface area contributed by atoms with Crippen molar-refractivity contribution >= 4 is 57.7 Å². The first-order valence-corrected chi connectivity index (χ1v) is 10.0. The van der Waals surface area contributed by atoms with Gasteiger partial charge >= 0.3 is 0 Å². The van der Waals surface area contributed by atoms with Gasteiger partial charge in [-0.15, -0.1) is 22.7 Å². The molecule has 2 N–H and O–H groups in total. The van der Waals surface area contributed by atoms with Gasteiger partial charge in [0, 0.05) is 12.1 Å². The van der Waals surface area contributed by atoms with Gasteiger partial charge in [-0.05, 0) is 37.1 Å². The third kappa shape index (κ3) is 4.30. The van der Waals surface area contributed by atoms with Crippen molar-refractivity contribution in [2.45, 2.75) is 37.8 Å². The second-order valence-corrected chi connectivity index (χ2v) is 9.08. The van der Waals surface area contributed by atoms with E-state index >= 15 is 0 Å². The Balaban J connectivity index is 1.64. The highest BCUT2D eigenvalue weighted by molar-refractivity contribution is 7.18. The maximum Gasteiger partial charge on any atom is 0.261 e. The molecule has 0 unspecified atom stereocenters. The van der Waals surface area contributed by atoms with Crippen molar-refractivity contribution in [3.8, 4) is 0 Å². The number of hydrogen-bond donors (Lipinski definition) is 2. The molecule has 2 heterocycles. The van der Waals surface area contributed by atoms with Crippen LogP contribution in [0.4, 0.5) is 0 Å². The normalized spacial score (nSPS) is 20.6. The molecule has 4 nitrogen and oxygen atoms in total. The topological polar surface area (TPSA) is 58.2 Å². The highest BCUT2D eigenvalue weighted by Crippen LogP contribution is 2.25. The standard InChI is InChI=1S/C16H16Cl2N2O2S2/c17-13-7-5-11(23-13)15(21)19-9-3-1-2-4-10(9)20-16(22)12-6-8-14(18)24-12/h5-10H,1-4H2,(H,19,21)(H,20,22)/t9-,10-/m0/s1. The van der Waals surface area contributed by atoms with E-state index in [1.54, 1.807) is 24.3 Å². The lowest BCUT2D eigenvalue weighted by atomic mass is 9.90. The molecule has 1 saturated carbocycles. The highest BCUT2D eigenvalue weighted by Gasteiger charge is 2.29. The van der Waals surface area contributed by atoms with Crippen LogP contribution in [0.1, 0.15) is 45.0 Å². The molecule has 0 radical (unpaired) electrons. The summed E-state index contributed by atoms with van der Waals surface area (Å²) < 4.78 is 1.17. The number of hydrogen-bond acceptors (Lipinski definition) is 4. The quantitative estimate of drug-likeness (QED) is 0.785. The first kappa shape index (κ1) is 17.7. The molecule has 1 aliphatic rings. The van der Waals surface area contributed by atoms with Gasteiger partial charge < -0.3 is 10.6 Å². The van der Waals surface area contributed by atoms with Gasteiger partial charge in [-0.1, -0.05) is 36.0 Å². The summed E-state index contributed by atoms with van der Waals surface area (Å²) >= 11 is 14.3. The molecular formula is C16H16Cl2N2O2S2. The summed E-state index contributed by atoms with van der Waals surface area (Å²) in [6, 6.07) is 6.69. The molecule has 0 bridgehead atoms. The van der Waals surface area contributed by atoms with Crippen LogP contribution in [-0.2, 0) is 0 Å². The van der Waals surface area contributed by atoms with Crippen LogP contribution >= 0.6 is 45.9 Å². The Morgan fingerprint density at radius 1 is 0.833 bits per heavy atom. The van der Waals surface area contributed by atoms with E-state index in [-0.39, 0.29) is 23.9 Å². The Hall–Kier alpha value is -1.08. The van der Waals surface area contributed by atoms with Crippen LogP contribution in [0.3, 0.4) is 0 Å². The molecule has 8 heteroatoms. The molecule has 3 rings (SSSR count). The molecule has 2 amide bonds. The Kier molecular flexibility index (Phi) is 5.81. The van der Waals surface area contributed by atoms with E-state index in [4.69, 9.17) is 23.2 Å². The number of amides is 2. The summed E-state index contributed by atoms with van der Waals surface area (Å²) in [6.07, 6.45) is 3.77. The van der Waals surface area contributed by atoms with E-state index in [0.717, 1.165) is 25.7 Å². The molecule has 24 heavy (non-hydrogen) atoms. The van der Waals surface area contributed by atoms with E-state index in [0.29, 0.717) is 18.4 Å². The minimum atomic E-state index is -0.141. The van der Waals surface area contributed by atoms with Crippen LogP contribution in [0.15, 0.2) is 24.3 Å². The molecule has 0 aliphatic heterocycles. The largest absolute Gasteiger partial charge is 0.347 e. The molecule has 0 spiro atoms. The summed E-state index contributed by atoms with van der Waals surface area (Å²) in [7, 11) is 0. The summed E-state index contributed by atoms with van der Waals surface area (Å²) in [5, 5.41) is 6.07. The first-order valence-electron chi connectivity index (χ1n) is 7.65. The third-order valence-electron chi connectivity index (χ3n) is 3.99. The molecule has 2 atom stereocenters. The van der Waals surface area contributed by atoms with Crippen molar-refractivity contribution in [3.05, 3.63) is 42.7 Å². The van der Waals surface area contributed by atoms with Crippen molar-refractivity contribution in [2.75, 3.05) is 0 Å². The summed E-state index contributed by atoms with van der Waals surface area (Å²) in [4.78, 5) is 25.9. The zero-order chi connectivity index (χ0) is 17.1. The fraction of sp³-hybridized carbons (Fsp3) is 0.375. The van der Waals surface area contributed by atoms with Crippen LogP contribution in [0.5, 0.6) is 0 Å². The minimum Gasteiger partial charge on any atom is -0.347 e. The molecule has 2 aromatic rings. The van der Waals surface area contributed by atoms with Gasteiger partial charge in [0.05, 0.1) is 18.4 Å². The Bertz CT molecular complexity index is 682. The van der Waals surface area contributed by atoms with Gasteiger partial charge in [0.1, 0.15) is 0 Å². The van der Waals surface area contributed by atoms with Crippen LogP contribution in [0, 0.1) is 0 Å². The second-order valence-electron chi connectivity index (χ2n) is 5.65. The average molecular weight is 403 g/mol. The van der Waals surface area contributed by atoms with E-state index in [9.17, 15) is 9.59 Å². The van der Waals surface area contributed by atoms with Crippen molar-refractivity contribution < 1.29 is 9.59 Å². The number of carbonyl (C=O) groups excluding carboxylic acids is 2. The van der Waals surface area contributed by atoms with Crippen LogP contribution < -0.4 is 10.6 Å². The first-order chi connectivity index (χ1) is 11.5. The minimum absolute atomic E-state index is 0.0773. The number of nitrogens with one attached hydrogen (secondary N) is 2. The van der Waals surface area contributed by atoms with Crippen molar-refractivity contribution in [3.63, 3.8) is 0 Å². The molecule has 1 aliphatic carbocycles. The number of halogens is 2. The second kappa shape index (κ2) is 7.87. The summed E-state index contributed by atoms with van der Waals surface area (Å²) in [5.74, 6) is -0.283. The van der Waals surface area contributed by atoms with Gasteiger partial charge in [-0.2, -0.15) is 0 Å². The fourth-order valence-electron chi connectivity index (χ4n) is 2.83. The van der Waals surface area contributed by atoms with Gasteiger partial charge in [0.15, 0.2) is 0 Å². The maximum absolute atomic E-state index is 12.3. The Morgan fingerprint density at radius 2 is 1.25 bits per heavy atom. The van der Waals surface area contributed by atoms with Crippen molar-refractivity contribution in [1.82, 2.24) is 10.6 Å². The molecule has 1 fully saturated rings. The van der Waals surface area contributed by atoms with E-state index < -0.39 is 0 Å². The lowest BCUT2D eigenvalue weighted by Crippen LogP contribution is -2.53. The monoisotopic (exact) mass is 402 g/mol. The summed E-state index contributed by atoms with van der Waals surface area (Å²) in [6.45, 7) is 0. The summed E-state index contributed by atoms with van der Waals surface area (Å²) in [5.41, 5.74) is 0. The maximum atomic E-state index is 12.3. The zero-order valence-corrected chi connectivity index (χ0v) is 15.8. The van der Waals surface area contributed by atoms with Gasteiger partial charge in [0.25, 0.3) is 11.8 Å². The van der Waals surface area contributed by atoms with Gasteiger partial charge in [-0.3, -0.25) is 9.59 Å². The molecule has 2 aromatic heterocycles.